The number of halogens is 1. The number of rotatable bonds is 5. The van der Waals surface area contributed by atoms with Gasteiger partial charge in [0.25, 0.3) is 0 Å². The van der Waals surface area contributed by atoms with Gasteiger partial charge in [0, 0.05) is 29.0 Å². The Bertz CT molecular complexity index is 1040. The van der Waals surface area contributed by atoms with Crippen LogP contribution in [0.4, 0.5) is 4.39 Å². The minimum atomic E-state index is -0.575. The molecule has 0 saturated heterocycles. The van der Waals surface area contributed by atoms with Crippen LogP contribution in [0, 0.1) is 11.7 Å². The first-order chi connectivity index (χ1) is 14.7. The van der Waals surface area contributed by atoms with Crippen LogP contribution in [-0.4, -0.2) is 11.1 Å². The van der Waals surface area contributed by atoms with Crippen molar-refractivity contribution in [3.8, 4) is 11.3 Å². The van der Waals surface area contributed by atoms with E-state index in [0.29, 0.717) is 5.56 Å². The smallest absolute Gasteiger partial charge is 0.224 e. The predicted molar refractivity (Wildman–Crippen MR) is 112 cm³/mol. The lowest BCUT2D eigenvalue weighted by Gasteiger charge is -2.44. The van der Waals surface area contributed by atoms with Gasteiger partial charge >= 0.3 is 0 Å². The zero-order chi connectivity index (χ0) is 20.6. The molecule has 2 aromatic carbocycles. The maximum absolute atomic E-state index is 14.5. The third-order valence-corrected chi connectivity index (χ3v) is 6.78. The third-order valence-electron chi connectivity index (χ3n) is 6.78. The van der Waals surface area contributed by atoms with Crippen molar-refractivity contribution in [3.63, 3.8) is 0 Å². The number of hydrogen-bond acceptors (Lipinski definition) is 3. The van der Waals surface area contributed by atoms with Gasteiger partial charge in [0.1, 0.15) is 5.82 Å². The van der Waals surface area contributed by atoms with E-state index in [1.54, 1.807) is 12.1 Å². The Kier molecular flexibility index (Phi) is 4.89. The Morgan fingerprint density at radius 2 is 1.80 bits per heavy atom. The van der Waals surface area contributed by atoms with E-state index >= 15 is 0 Å². The summed E-state index contributed by atoms with van der Waals surface area (Å²) in [6, 6.07) is 18.6. The summed E-state index contributed by atoms with van der Waals surface area (Å²) < 4.78 is 20.0. The molecule has 1 N–H and O–H groups in total. The molecule has 1 aromatic heterocycles. The van der Waals surface area contributed by atoms with Gasteiger partial charge < -0.3 is 9.84 Å². The average molecular weight is 404 g/mol. The number of carbonyl (C=O) groups excluding carboxylic acids is 1. The molecule has 2 saturated carbocycles. The zero-order valence-electron chi connectivity index (χ0n) is 16.8. The summed E-state index contributed by atoms with van der Waals surface area (Å²) in [6.07, 6.45) is 5.25. The Morgan fingerprint density at radius 1 is 1.03 bits per heavy atom. The molecule has 0 spiro atoms. The molecule has 154 valence electrons. The molecule has 4 nitrogen and oxygen atoms in total. The summed E-state index contributed by atoms with van der Waals surface area (Å²) in [6.45, 7) is 0. The molecule has 5 rings (SSSR count). The molecule has 0 radical (unpaired) electrons. The summed E-state index contributed by atoms with van der Waals surface area (Å²) >= 11 is 0. The largest absolute Gasteiger partial charge is 0.356 e. The fraction of sp³-hybridized carbons (Fsp3) is 0.360. The van der Waals surface area contributed by atoms with Gasteiger partial charge in [-0.05, 0) is 38.2 Å². The monoisotopic (exact) mass is 404 g/mol. The summed E-state index contributed by atoms with van der Waals surface area (Å²) in [5, 5.41) is 7.52. The molecular formula is C25H25FN2O2. The standard InChI is InChI=1S/C25H25FN2O2/c26-21-13-5-4-12-20(21)25(14-7-15-25)27-24(29)19-11-6-10-18(19)22-16-23(30-28-22)17-8-2-1-3-9-17/h1-5,8-9,12-13,16,18-19H,6-7,10-11,14-15H2,(H,27,29)/t18-,19-/m1/s1. The lowest BCUT2D eigenvalue weighted by atomic mass is 9.71. The third kappa shape index (κ3) is 3.32. The Hall–Kier alpha value is -2.95. The molecule has 0 bridgehead atoms. The highest BCUT2D eigenvalue weighted by molar-refractivity contribution is 5.81. The van der Waals surface area contributed by atoms with E-state index < -0.39 is 5.54 Å². The molecule has 5 heteroatoms. The van der Waals surface area contributed by atoms with Gasteiger partial charge in [-0.3, -0.25) is 4.79 Å². The molecular weight excluding hydrogens is 379 g/mol. The van der Waals surface area contributed by atoms with Gasteiger partial charge in [0.05, 0.1) is 11.2 Å². The highest BCUT2D eigenvalue weighted by Gasteiger charge is 2.45. The number of amides is 1. The Morgan fingerprint density at radius 3 is 2.53 bits per heavy atom. The quantitative estimate of drug-likeness (QED) is 0.606. The molecule has 30 heavy (non-hydrogen) atoms. The average Bonchev–Trinajstić information content (AvgIpc) is 3.41. The highest BCUT2D eigenvalue weighted by Crippen LogP contribution is 2.45. The maximum Gasteiger partial charge on any atom is 0.224 e. The maximum atomic E-state index is 14.5. The van der Waals surface area contributed by atoms with Crippen molar-refractivity contribution >= 4 is 5.91 Å². The number of hydrogen-bond donors (Lipinski definition) is 1. The topological polar surface area (TPSA) is 55.1 Å². The first-order valence-electron chi connectivity index (χ1n) is 10.8. The van der Waals surface area contributed by atoms with Crippen molar-refractivity contribution in [2.24, 2.45) is 5.92 Å². The number of nitrogens with zero attached hydrogens (tertiary/aromatic N) is 1. The summed E-state index contributed by atoms with van der Waals surface area (Å²) in [5.41, 5.74) is 1.84. The molecule has 3 aromatic rings. The first kappa shape index (κ1) is 19.0. The molecule has 2 aliphatic rings. The number of benzene rings is 2. The van der Waals surface area contributed by atoms with E-state index in [4.69, 9.17) is 4.52 Å². The lowest BCUT2D eigenvalue weighted by molar-refractivity contribution is -0.128. The second-order valence-electron chi connectivity index (χ2n) is 8.53. The molecule has 1 amide bonds. The van der Waals surface area contributed by atoms with Crippen molar-refractivity contribution < 1.29 is 13.7 Å². The van der Waals surface area contributed by atoms with Crippen LogP contribution in [-0.2, 0) is 10.3 Å². The van der Waals surface area contributed by atoms with Crippen LogP contribution in [0.5, 0.6) is 0 Å². The van der Waals surface area contributed by atoms with Crippen LogP contribution in [0.3, 0.4) is 0 Å². The van der Waals surface area contributed by atoms with E-state index in [9.17, 15) is 9.18 Å². The predicted octanol–water partition coefficient (Wildman–Crippen LogP) is 5.56. The van der Waals surface area contributed by atoms with Gasteiger partial charge in [-0.1, -0.05) is 60.1 Å². The van der Waals surface area contributed by atoms with E-state index in [-0.39, 0.29) is 23.6 Å². The summed E-state index contributed by atoms with van der Waals surface area (Å²) in [5.74, 6) is 0.347. The molecule has 0 unspecified atom stereocenters. The summed E-state index contributed by atoms with van der Waals surface area (Å²) in [7, 11) is 0. The minimum absolute atomic E-state index is 0.00436. The molecule has 2 aliphatic carbocycles. The summed E-state index contributed by atoms with van der Waals surface area (Å²) in [4.78, 5) is 13.3. The van der Waals surface area contributed by atoms with Gasteiger partial charge in [-0.15, -0.1) is 0 Å². The van der Waals surface area contributed by atoms with Crippen LogP contribution in [0.2, 0.25) is 0 Å². The van der Waals surface area contributed by atoms with Crippen molar-refractivity contribution in [2.75, 3.05) is 0 Å². The van der Waals surface area contributed by atoms with E-state index in [2.05, 4.69) is 10.5 Å². The fourth-order valence-electron chi connectivity index (χ4n) is 5.00. The molecule has 2 fully saturated rings. The van der Waals surface area contributed by atoms with Crippen LogP contribution in [0.15, 0.2) is 65.2 Å². The Labute approximate surface area is 175 Å². The minimum Gasteiger partial charge on any atom is -0.356 e. The zero-order valence-corrected chi connectivity index (χ0v) is 16.8. The normalized spacial score (nSPS) is 22.4. The van der Waals surface area contributed by atoms with Crippen molar-refractivity contribution in [1.82, 2.24) is 10.5 Å². The molecule has 1 heterocycles. The number of carbonyl (C=O) groups is 1. The van der Waals surface area contributed by atoms with Crippen molar-refractivity contribution in [3.05, 3.63) is 77.7 Å². The SMILES string of the molecule is O=C(NC1(c2ccccc2F)CCC1)[C@@H]1CCC[C@H]1c1cc(-c2ccccc2)on1. The number of nitrogens with one attached hydrogen (secondary N) is 1. The highest BCUT2D eigenvalue weighted by atomic mass is 19.1. The number of aromatic nitrogens is 1. The van der Waals surface area contributed by atoms with Crippen molar-refractivity contribution in [1.29, 1.82) is 0 Å². The van der Waals surface area contributed by atoms with Gasteiger partial charge in [-0.25, -0.2) is 4.39 Å². The van der Waals surface area contributed by atoms with Crippen LogP contribution >= 0.6 is 0 Å². The van der Waals surface area contributed by atoms with Crippen LogP contribution in [0.1, 0.15) is 55.7 Å². The van der Waals surface area contributed by atoms with Crippen LogP contribution in [0.25, 0.3) is 11.3 Å². The lowest BCUT2D eigenvalue weighted by Crippen LogP contribution is -2.53. The van der Waals surface area contributed by atoms with E-state index in [0.717, 1.165) is 55.5 Å². The molecule has 2 atom stereocenters. The Balaban J connectivity index is 1.36. The van der Waals surface area contributed by atoms with Crippen molar-refractivity contribution in [2.45, 2.75) is 50.0 Å². The van der Waals surface area contributed by atoms with E-state index in [1.165, 1.54) is 6.07 Å². The molecule has 0 aliphatic heterocycles. The van der Waals surface area contributed by atoms with Gasteiger partial charge in [-0.2, -0.15) is 0 Å². The van der Waals surface area contributed by atoms with E-state index in [1.807, 2.05) is 42.5 Å². The van der Waals surface area contributed by atoms with Gasteiger partial charge in [0.15, 0.2) is 5.76 Å². The second kappa shape index (κ2) is 7.71. The van der Waals surface area contributed by atoms with Crippen LogP contribution < -0.4 is 5.32 Å². The van der Waals surface area contributed by atoms with Gasteiger partial charge in [0.2, 0.25) is 5.91 Å². The second-order valence-corrected chi connectivity index (χ2v) is 8.53. The first-order valence-corrected chi connectivity index (χ1v) is 10.8. The fourth-order valence-corrected chi connectivity index (χ4v) is 5.00.